The summed E-state index contributed by atoms with van der Waals surface area (Å²) in [4.78, 5) is 11.2. The Bertz CT molecular complexity index is 1760. The third kappa shape index (κ3) is 7.71. The lowest BCUT2D eigenvalue weighted by Gasteiger charge is -2.41. The number of halogens is 4. The fourth-order valence-electron chi connectivity index (χ4n) is 5.38. The molecule has 12 heteroatoms. The van der Waals surface area contributed by atoms with E-state index in [-0.39, 0.29) is 16.1 Å². The normalized spacial score (nSPS) is 15.5. The first kappa shape index (κ1) is 32.6. The third-order valence-electron chi connectivity index (χ3n) is 7.89. The lowest BCUT2D eigenvalue weighted by atomic mass is 9.98. The molecular formula is C33H34Cl3FN8. The van der Waals surface area contributed by atoms with Gasteiger partial charge in [-0.2, -0.15) is 5.26 Å². The quantitative estimate of drug-likeness (QED) is 0.139. The molecule has 45 heavy (non-hydrogen) atoms. The molecule has 8 nitrogen and oxygen atoms in total. The van der Waals surface area contributed by atoms with Crippen molar-refractivity contribution < 1.29 is 4.39 Å². The van der Waals surface area contributed by atoms with E-state index in [0.29, 0.717) is 49.9 Å². The van der Waals surface area contributed by atoms with Gasteiger partial charge in [0.2, 0.25) is 0 Å². The van der Waals surface area contributed by atoms with Crippen LogP contribution in [0.15, 0.2) is 66.8 Å². The molecule has 0 amide bonds. The Morgan fingerprint density at radius 1 is 1.04 bits per heavy atom. The molecule has 0 radical (unpaired) electrons. The maximum absolute atomic E-state index is 13.8. The van der Waals surface area contributed by atoms with Crippen molar-refractivity contribution in [1.29, 1.82) is 5.26 Å². The SMILES string of the molecule is CC(C)(C)N1CCC(N/C=C(\N)C(Nc2cc(Cl)c3ncc(C#N)c(Nc4ccc(F)c(Cl)c4)c3c2)c2ccc(Cl)nc2)CC1. The number of anilines is 3. The number of nitrogens with one attached hydrogen (secondary N) is 3. The fourth-order valence-corrected chi connectivity index (χ4v) is 5.94. The molecule has 0 aliphatic carbocycles. The molecule has 4 aromatic rings. The first-order valence-corrected chi connectivity index (χ1v) is 15.7. The molecular weight excluding hydrogens is 634 g/mol. The smallest absolute Gasteiger partial charge is 0.141 e. The van der Waals surface area contributed by atoms with Crippen LogP contribution in [0.2, 0.25) is 15.2 Å². The summed E-state index contributed by atoms with van der Waals surface area (Å²) in [7, 11) is 0. The van der Waals surface area contributed by atoms with Crippen LogP contribution in [0, 0.1) is 17.1 Å². The molecule has 1 unspecified atom stereocenters. The predicted octanol–water partition coefficient (Wildman–Crippen LogP) is 8.15. The van der Waals surface area contributed by atoms with Gasteiger partial charge in [0.15, 0.2) is 0 Å². The van der Waals surface area contributed by atoms with E-state index in [4.69, 9.17) is 40.5 Å². The van der Waals surface area contributed by atoms with Crippen molar-refractivity contribution in [2.24, 2.45) is 5.73 Å². The van der Waals surface area contributed by atoms with Crippen molar-refractivity contribution in [2.75, 3.05) is 23.7 Å². The summed E-state index contributed by atoms with van der Waals surface area (Å²) in [5, 5.41) is 21.3. The summed E-state index contributed by atoms with van der Waals surface area (Å²) in [6, 6.07) is 13.4. The topological polar surface area (TPSA) is 115 Å². The van der Waals surface area contributed by atoms with E-state index in [1.54, 1.807) is 18.3 Å². The number of nitrogens with zero attached hydrogens (tertiary/aromatic N) is 4. The minimum absolute atomic E-state index is 0.0488. The fraction of sp³-hybridized carbons (Fsp3) is 0.303. The molecule has 234 valence electrons. The monoisotopic (exact) mass is 666 g/mol. The first-order chi connectivity index (χ1) is 21.4. The Kier molecular flexibility index (Phi) is 9.90. The second-order valence-corrected chi connectivity index (χ2v) is 13.2. The molecule has 5 N–H and O–H groups in total. The van der Waals surface area contributed by atoms with Crippen molar-refractivity contribution in [3.8, 4) is 6.07 Å². The van der Waals surface area contributed by atoms with Crippen LogP contribution in [0.1, 0.15) is 50.8 Å². The lowest BCUT2D eigenvalue weighted by molar-refractivity contribution is 0.0988. The highest BCUT2D eigenvalue weighted by Gasteiger charge is 2.27. The van der Waals surface area contributed by atoms with Gasteiger partial charge in [-0.15, -0.1) is 0 Å². The average Bonchev–Trinajstić information content (AvgIpc) is 3.01. The minimum Gasteiger partial charge on any atom is -0.399 e. The van der Waals surface area contributed by atoms with Crippen molar-refractivity contribution in [1.82, 2.24) is 20.2 Å². The summed E-state index contributed by atoms with van der Waals surface area (Å²) in [5.74, 6) is -0.546. The molecule has 5 rings (SSSR count). The summed E-state index contributed by atoms with van der Waals surface area (Å²) in [5.41, 5.74) is 10.5. The number of fused-ring (bicyclic) bond motifs is 1. The van der Waals surface area contributed by atoms with Crippen LogP contribution in [-0.2, 0) is 0 Å². The van der Waals surface area contributed by atoms with Gasteiger partial charge in [-0.3, -0.25) is 9.88 Å². The highest BCUT2D eigenvalue weighted by Crippen LogP contribution is 2.37. The van der Waals surface area contributed by atoms with E-state index in [1.165, 1.54) is 24.4 Å². The Hall–Kier alpha value is -3.81. The summed E-state index contributed by atoms with van der Waals surface area (Å²) >= 11 is 18.9. The molecule has 1 fully saturated rings. The Morgan fingerprint density at radius 3 is 2.42 bits per heavy atom. The number of rotatable bonds is 8. The first-order valence-electron chi connectivity index (χ1n) is 14.5. The van der Waals surface area contributed by atoms with E-state index < -0.39 is 11.9 Å². The van der Waals surface area contributed by atoms with Crippen molar-refractivity contribution in [3.05, 3.63) is 98.9 Å². The van der Waals surface area contributed by atoms with E-state index in [0.717, 1.165) is 31.5 Å². The molecule has 0 saturated carbocycles. The second kappa shape index (κ2) is 13.7. The van der Waals surface area contributed by atoms with E-state index in [2.05, 4.69) is 57.7 Å². The number of hydrogen-bond acceptors (Lipinski definition) is 8. The summed E-state index contributed by atoms with van der Waals surface area (Å²) in [6.07, 6.45) is 6.98. The highest BCUT2D eigenvalue weighted by atomic mass is 35.5. The molecule has 1 atom stereocenters. The van der Waals surface area contributed by atoms with Gasteiger partial charge in [0.25, 0.3) is 0 Å². The second-order valence-electron chi connectivity index (χ2n) is 12.0. The number of aromatic nitrogens is 2. The predicted molar refractivity (Wildman–Crippen MR) is 182 cm³/mol. The average molecular weight is 668 g/mol. The third-order valence-corrected chi connectivity index (χ3v) is 8.69. The van der Waals surface area contributed by atoms with Gasteiger partial charge in [-0.1, -0.05) is 40.9 Å². The number of benzene rings is 2. The van der Waals surface area contributed by atoms with Crippen molar-refractivity contribution >= 4 is 62.8 Å². The molecule has 3 heterocycles. The Labute approximate surface area is 277 Å². The highest BCUT2D eigenvalue weighted by molar-refractivity contribution is 6.36. The maximum Gasteiger partial charge on any atom is 0.141 e. The molecule has 0 spiro atoms. The number of pyridine rings is 2. The van der Waals surface area contributed by atoms with Gasteiger partial charge < -0.3 is 21.7 Å². The van der Waals surface area contributed by atoms with Gasteiger partial charge in [-0.25, -0.2) is 9.37 Å². The van der Waals surface area contributed by atoms with E-state index in [1.807, 2.05) is 18.3 Å². The van der Waals surface area contributed by atoms with Crippen molar-refractivity contribution in [3.63, 3.8) is 0 Å². The molecule has 2 aromatic carbocycles. The van der Waals surface area contributed by atoms with Crippen LogP contribution in [0.4, 0.5) is 21.5 Å². The van der Waals surface area contributed by atoms with E-state index in [9.17, 15) is 9.65 Å². The number of likely N-dealkylation sites (tertiary alicyclic amines) is 1. The molecule has 0 bridgehead atoms. The van der Waals surface area contributed by atoms with Crippen LogP contribution in [-0.4, -0.2) is 39.5 Å². The van der Waals surface area contributed by atoms with Gasteiger partial charge in [-0.05, 0) is 75.6 Å². The number of piperidine rings is 1. The largest absolute Gasteiger partial charge is 0.399 e. The van der Waals surface area contributed by atoms with Gasteiger partial charge in [0.05, 0.1) is 38.6 Å². The van der Waals surface area contributed by atoms with Gasteiger partial charge >= 0.3 is 0 Å². The maximum atomic E-state index is 13.8. The Balaban J connectivity index is 1.47. The zero-order valence-electron chi connectivity index (χ0n) is 25.1. The Morgan fingerprint density at radius 2 is 1.78 bits per heavy atom. The van der Waals surface area contributed by atoms with Crippen LogP contribution in [0.25, 0.3) is 10.9 Å². The molecule has 2 aromatic heterocycles. The van der Waals surface area contributed by atoms with E-state index >= 15 is 0 Å². The standard InChI is InChI=1S/C33H34Cl3FN8/c1-33(2,3)45-10-8-21(9-11-45)40-18-28(39)31(19-4-7-29(36)41-16-19)44-23-12-24-30(43-22-5-6-27(37)25(34)13-22)20(15-38)17-42-32(24)26(35)14-23/h4-7,12-14,16-18,21,31,40,44H,8-11,39H2,1-3H3,(H,42,43)/b28-18-. The van der Waals surface area contributed by atoms with Crippen LogP contribution >= 0.6 is 34.8 Å². The number of nitriles is 1. The lowest BCUT2D eigenvalue weighted by Crippen LogP contribution is -2.49. The van der Waals surface area contributed by atoms with Crippen molar-refractivity contribution in [2.45, 2.75) is 51.2 Å². The minimum atomic E-state index is -0.546. The van der Waals surface area contributed by atoms with Crippen LogP contribution in [0.5, 0.6) is 0 Å². The van der Waals surface area contributed by atoms with Crippen LogP contribution < -0.4 is 21.7 Å². The molecule has 1 aliphatic heterocycles. The summed E-state index contributed by atoms with van der Waals surface area (Å²) < 4.78 is 13.8. The van der Waals surface area contributed by atoms with Gasteiger partial charge in [0, 0.05) is 60.0 Å². The molecule has 1 saturated heterocycles. The number of hydrogen-bond donors (Lipinski definition) is 4. The number of nitrogens with two attached hydrogens (primary N) is 1. The zero-order valence-corrected chi connectivity index (χ0v) is 27.4. The zero-order chi connectivity index (χ0) is 32.3. The van der Waals surface area contributed by atoms with Crippen LogP contribution in [0.3, 0.4) is 0 Å². The van der Waals surface area contributed by atoms with Gasteiger partial charge in [0.1, 0.15) is 17.0 Å². The molecule has 1 aliphatic rings. The summed E-state index contributed by atoms with van der Waals surface area (Å²) in [6.45, 7) is 8.73.